The van der Waals surface area contributed by atoms with Gasteiger partial charge in [0.2, 0.25) is 5.91 Å². The van der Waals surface area contributed by atoms with Gasteiger partial charge in [-0.25, -0.2) is 0 Å². The second-order valence-electron chi connectivity index (χ2n) is 6.21. The Kier molecular flexibility index (Phi) is 7.16. The highest BCUT2D eigenvalue weighted by Gasteiger charge is 2.05. The van der Waals surface area contributed by atoms with Gasteiger partial charge in [-0.2, -0.15) is 0 Å². The molecule has 0 atom stereocenters. The molecule has 1 N–H and O–H groups in total. The molecule has 152 valence electrons. The van der Waals surface area contributed by atoms with Gasteiger partial charge in [0.05, 0.1) is 4.92 Å². The number of anilines is 1. The Balaban J connectivity index is 1.50. The Morgan fingerprint density at radius 1 is 0.900 bits per heavy atom. The van der Waals surface area contributed by atoms with Crippen LogP contribution in [0.1, 0.15) is 5.56 Å². The van der Waals surface area contributed by atoms with Gasteiger partial charge in [0.1, 0.15) is 24.7 Å². The average molecular weight is 404 g/mol. The van der Waals surface area contributed by atoms with E-state index in [1.54, 1.807) is 36.4 Å². The summed E-state index contributed by atoms with van der Waals surface area (Å²) in [5, 5.41) is 13.5. The van der Waals surface area contributed by atoms with Gasteiger partial charge in [-0.1, -0.05) is 36.4 Å². The molecule has 0 radical (unpaired) electrons. The molecule has 0 aliphatic rings. The van der Waals surface area contributed by atoms with Crippen molar-refractivity contribution < 1.29 is 19.2 Å². The van der Waals surface area contributed by atoms with Gasteiger partial charge in [0.25, 0.3) is 5.69 Å². The lowest BCUT2D eigenvalue weighted by Gasteiger charge is -2.09. The third-order valence-corrected chi connectivity index (χ3v) is 3.97. The Hall–Kier alpha value is -4.13. The van der Waals surface area contributed by atoms with E-state index in [2.05, 4.69) is 5.32 Å². The first-order chi connectivity index (χ1) is 14.6. The minimum Gasteiger partial charge on any atom is -0.490 e. The topological polar surface area (TPSA) is 90.7 Å². The molecule has 0 aromatic heterocycles. The van der Waals surface area contributed by atoms with Gasteiger partial charge in [0, 0.05) is 30.0 Å². The smallest absolute Gasteiger partial charge is 0.270 e. The number of hydrogen-bond acceptors (Lipinski definition) is 5. The Labute approximate surface area is 173 Å². The van der Waals surface area contributed by atoms with E-state index in [0.29, 0.717) is 30.2 Å². The zero-order chi connectivity index (χ0) is 21.2. The van der Waals surface area contributed by atoms with Crippen molar-refractivity contribution in [2.24, 2.45) is 0 Å². The first-order valence-corrected chi connectivity index (χ1v) is 9.24. The lowest BCUT2D eigenvalue weighted by molar-refractivity contribution is -0.384. The van der Waals surface area contributed by atoms with Gasteiger partial charge >= 0.3 is 0 Å². The second-order valence-corrected chi connectivity index (χ2v) is 6.21. The monoisotopic (exact) mass is 404 g/mol. The van der Waals surface area contributed by atoms with Crippen molar-refractivity contribution in [1.29, 1.82) is 0 Å². The van der Waals surface area contributed by atoms with Crippen LogP contribution in [0.4, 0.5) is 11.4 Å². The molecule has 0 fully saturated rings. The quantitative estimate of drug-likeness (QED) is 0.241. The third-order valence-electron chi connectivity index (χ3n) is 3.97. The number of rotatable bonds is 9. The number of amides is 1. The molecule has 7 heteroatoms. The van der Waals surface area contributed by atoms with Crippen LogP contribution >= 0.6 is 0 Å². The molecule has 0 aliphatic heterocycles. The van der Waals surface area contributed by atoms with E-state index in [9.17, 15) is 14.9 Å². The molecule has 1 amide bonds. The first kappa shape index (κ1) is 20.6. The number of hydrogen-bond donors (Lipinski definition) is 1. The molecule has 3 rings (SSSR count). The molecule has 0 bridgehead atoms. The van der Waals surface area contributed by atoms with E-state index in [1.807, 2.05) is 30.3 Å². The highest BCUT2D eigenvalue weighted by Crippen LogP contribution is 2.18. The summed E-state index contributed by atoms with van der Waals surface area (Å²) in [5.41, 5.74) is 1.11. The number of carbonyl (C=O) groups is 1. The summed E-state index contributed by atoms with van der Waals surface area (Å²) in [6, 6.07) is 22.5. The number of nitrogens with one attached hydrogen (secondary N) is 1. The average Bonchev–Trinajstić information content (AvgIpc) is 2.76. The largest absolute Gasteiger partial charge is 0.490 e. The molecule has 30 heavy (non-hydrogen) atoms. The normalized spacial score (nSPS) is 10.5. The Morgan fingerprint density at radius 3 is 2.37 bits per heavy atom. The summed E-state index contributed by atoms with van der Waals surface area (Å²) in [6.07, 6.45) is 2.84. The molecule has 3 aromatic carbocycles. The van der Waals surface area contributed by atoms with Gasteiger partial charge < -0.3 is 14.8 Å². The van der Waals surface area contributed by atoms with Crippen molar-refractivity contribution >= 4 is 23.4 Å². The Morgan fingerprint density at radius 2 is 1.60 bits per heavy atom. The minimum absolute atomic E-state index is 0.0290. The Bertz CT molecular complexity index is 1030. The first-order valence-electron chi connectivity index (χ1n) is 9.24. The van der Waals surface area contributed by atoms with E-state index < -0.39 is 4.92 Å². The highest BCUT2D eigenvalue weighted by molar-refractivity contribution is 6.02. The summed E-state index contributed by atoms with van der Waals surface area (Å²) >= 11 is 0. The summed E-state index contributed by atoms with van der Waals surface area (Å²) in [7, 11) is 0. The zero-order valence-electron chi connectivity index (χ0n) is 16.1. The maximum atomic E-state index is 12.1. The number of benzene rings is 3. The molecular weight excluding hydrogens is 384 g/mol. The van der Waals surface area contributed by atoms with Crippen molar-refractivity contribution in [2.75, 3.05) is 18.5 Å². The molecule has 0 saturated heterocycles. The number of ether oxygens (including phenoxy) is 2. The van der Waals surface area contributed by atoms with Crippen molar-refractivity contribution in [3.8, 4) is 11.5 Å². The van der Waals surface area contributed by atoms with Crippen molar-refractivity contribution in [3.05, 3.63) is 101 Å². The fourth-order valence-corrected chi connectivity index (χ4v) is 2.60. The van der Waals surface area contributed by atoms with Crippen LogP contribution < -0.4 is 14.8 Å². The van der Waals surface area contributed by atoms with Gasteiger partial charge in [-0.3, -0.25) is 14.9 Å². The predicted molar refractivity (Wildman–Crippen MR) is 115 cm³/mol. The van der Waals surface area contributed by atoms with Crippen LogP contribution in [0.2, 0.25) is 0 Å². The number of nitrogens with zero attached hydrogens (tertiary/aromatic N) is 1. The van der Waals surface area contributed by atoms with Crippen LogP contribution in [0, 0.1) is 10.1 Å². The van der Waals surface area contributed by atoms with E-state index in [1.165, 1.54) is 24.3 Å². The van der Waals surface area contributed by atoms with E-state index >= 15 is 0 Å². The van der Waals surface area contributed by atoms with Crippen molar-refractivity contribution in [2.45, 2.75) is 0 Å². The molecule has 0 spiro atoms. The maximum Gasteiger partial charge on any atom is 0.270 e. The molecule has 0 unspecified atom stereocenters. The fraction of sp³-hybridized carbons (Fsp3) is 0.0870. The lowest BCUT2D eigenvalue weighted by atomic mass is 10.2. The van der Waals surface area contributed by atoms with E-state index in [-0.39, 0.29) is 11.6 Å². The van der Waals surface area contributed by atoms with Crippen molar-refractivity contribution in [3.63, 3.8) is 0 Å². The van der Waals surface area contributed by atoms with Gasteiger partial charge in [-0.15, -0.1) is 0 Å². The zero-order valence-corrected chi connectivity index (χ0v) is 16.1. The molecule has 3 aromatic rings. The summed E-state index contributed by atoms with van der Waals surface area (Å²) in [5.74, 6) is 1.02. The third kappa shape index (κ3) is 6.49. The van der Waals surface area contributed by atoms with Gasteiger partial charge in [0.15, 0.2) is 0 Å². The summed E-state index contributed by atoms with van der Waals surface area (Å²) < 4.78 is 11.2. The molecule has 0 aliphatic carbocycles. The van der Waals surface area contributed by atoms with E-state index in [0.717, 1.165) is 5.75 Å². The predicted octanol–water partition coefficient (Wildman–Crippen LogP) is 4.70. The van der Waals surface area contributed by atoms with Gasteiger partial charge in [-0.05, 0) is 35.9 Å². The van der Waals surface area contributed by atoms with Crippen LogP contribution in [0.25, 0.3) is 6.08 Å². The van der Waals surface area contributed by atoms with E-state index in [4.69, 9.17) is 9.47 Å². The number of nitro groups is 1. The van der Waals surface area contributed by atoms with Crippen LogP contribution in [0.15, 0.2) is 84.9 Å². The SMILES string of the molecule is O=C(/C=C/c1cccc([N+](=O)[O-])c1)Nc1cccc(OCCOc2ccccc2)c1. The number of non-ortho nitro benzene ring substituents is 1. The standard InChI is InChI=1S/C23H20N2O5/c26-23(13-12-18-6-4-8-20(16-18)25(27)28)24-19-7-5-11-22(17-19)30-15-14-29-21-9-2-1-3-10-21/h1-13,16-17H,14-15H2,(H,24,26)/b13-12+. The number of carbonyl (C=O) groups excluding carboxylic acids is 1. The summed E-state index contributed by atoms with van der Waals surface area (Å²) in [4.78, 5) is 22.5. The maximum absolute atomic E-state index is 12.1. The second kappa shape index (κ2) is 10.4. The van der Waals surface area contributed by atoms with Crippen LogP contribution in [0.5, 0.6) is 11.5 Å². The van der Waals surface area contributed by atoms with Crippen LogP contribution in [-0.4, -0.2) is 24.0 Å². The van der Waals surface area contributed by atoms with Crippen molar-refractivity contribution in [1.82, 2.24) is 0 Å². The highest BCUT2D eigenvalue weighted by atomic mass is 16.6. The number of nitro benzene ring substituents is 1. The number of para-hydroxylation sites is 1. The van der Waals surface area contributed by atoms with Crippen LogP contribution in [-0.2, 0) is 4.79 Å². The summed E-state index contributed by atoms with van der Waals surface area (Å²) in [6.45, 7) is 0.755. The fourth-order valence-electron chi connectivity index (χ4n) is 2.60. The molecule has 7 nitrogen and oxygen atoms in total. The molecule has 0 saturated carbocycles. The lowest BCUT2D eigenvalue weighted by Crippen LogP contribution is -2.10. The molecule has 0 heterocycles. The minimum atomic E-state index is -0.478. The molecular formula is C23H20N2O5. The van der Waals surface area contributed by atoms with Crippen LogP contribution in [0.3, 0.4) is 0 Å².